The molecule has 0 aliphatic heterocycles. The van der Waals surface area contributed by atoms with Crippen LogP contribution < -0.4 is 0 Å². The molecule has 0 saturated heterocycles. The number of aryl methyl sites for hydroxylation is 1. The third-order valence-electron chi connectivity index (χ3n) is 1.50. The predicted molar refractivity (Wildman–Crippen MR) is 53.6 cm³/mol. The Labute approximate surface area is 76.1 Å². The van der Waals surface area contributed by atoms with Crippen molar-refractivity contribution in [3.8, 4) is 0 Å². The molecule has 58 valence electrons. The van der Waals surface area contributed by atoms with Crippen LogP contribution >= 0.6 is 15.9 Å². The summed E-state index contributed by atoms with van der Waals surface area (Å²) in [6.45, 7) is 4.11. The van der Waals surface area contributed by atoms with E-state index in [0.29, 0.717) is 0 Å². The lowest BCUT2D eigenvalue weighted by Crippen LogP contribution is -1.76. The zero-order valence-corrected chi connectivity index (χ0v) is 8.35. The first-order chi connectivity index (χ1) is 5.24. The Morgan fingerprint density at radius 1 is 1.36 bits per heavy atom. The van der Waals surface area contributed by atoms with Gasteiger partial charge in [-0.15, -0.1) is 0 Å². The Balaban J connectivity index is 3.09. The lowest BCUT2D eigenvalue weighted by molar-refractivity contribution is 1.44. The van der Waals surface area contributed by atoms with E-state index >= 15 is 0 Å². The SMILES string of the molecule is C/C=C/c1ccc(C)cc1Br. The van der Waals surface area contributed by atoms with Crippen LogP contribution in [-0.2, 0) is 0 Å². The van der Waals surface area contributed by atoms with Crippen molar-refractivity contribution in [3.05, 3.63) is 39.9 Å². The van der Waals surface area contributed by atoms with E-state index in [0.717, 1.165) is 4.47 Å². The number of benzene rings is 1. The van der Waals surface area contributed by atoms with Crippen molar-refractivity contribution in [1.29, 1.82) is 0 Å². The molecule has 0 unspecified atom stereocenters. The average Bonchev–Trinajstić information content (AvgIpc) is 1.95. The highest BCUT2D eigenvalue weighted by Gasteiger charge is 1.93. The van der Waals surface area contributed by atoms with Crippen LogP contribution in [-0.4, -0.2) is 0 Å². The van der Waals surface area contributed by atoms with Crippen molar-refractivity contribution in [2.75, 3.05) is 0 Å². The van der Waals surface area contributed by atoms with Crippen LogP contribution in [0.2, 0.25) is 0 Å². The van der Waals surface area contributed by atoms with Crippen LogP contribution in [0.15, 0.2) is 28.7 Å². The standard InChI is InChI=1S/C10H11Br/c1-3-4-9-6-5-8(2)7-10(9)11/h3-7H,1-2H3/b4-3+. The van der Waals surface area contributed by atoms with Crippen molar-refractivity contribution in [1.82, 2.24) is 0 Å². The molecule has 0 fully saturated rings. The summed E-state index contributed by atoms with van der Waals surface area (Å²) in [7, 11) is 0. The van der Waals surface area contributed by atoms with Gasteiger partial charge in [0.2, 0.25) is 0 Å². The van der Waals surface area contributed by atoms with Gasteiger partial charge in [0.1, 0.15) is 0 Å². The lowest BCUT2D eigenvalue weighted by atomic mass is 10.1. The maximum Gasteiger partial charge on any atom is 0.0250 e. The number of allylic oxidation sites excluding steroid dienone is 1. The van der Waals surface area contributed by atoms with E-state index in [-0.39, 0.29) is 0 Å². The van der Waals surface area contributed by atoms with Gasteiger partial charge in [0, 0.05) is 4.47 Å². The first-order valence-corrected chi connectivity index (χ1v) is 4.42. The van der Waals surface area contributed by atoms with Gasteiger partial charge in [0.15, 0.2) is 0 Å². The quantitative estimate of drug-likeness (QED) is 0.662. The summed E-state index contributed by atoms with van der Waals surface area (Å²) in [5.74, 6) is 0. The fraction of sp³-hybridized carbons (Fsp3) is 0.200. The normalized spacial score (nSPS) is 10.8. The molecule has 0 atom stereocenters. The zero-order valence-electron chi connectivity index (χ0n) is 6.76. The molecule has 0 bridgehead atoms. The molecule has 0 saturated carbocycles. The summed E-state index contributed by atoms with van der Waals surface area (Å²) in [5.41, 5.74) is 2.52. The Hall–Kier alpha value is -0.560. The molecule has 0 N–H and O–H groups in total. The van der Waals surface area contributed by atoms with E-state index in [4.69, 9.17) is 0 Å². The van der Waals surface area contributed by atoms with Gasteiger partial charge in [-0.25, -0.2) is 0 Å². The Morgan fingerprint density at radius 3 is 2.64 bits per heavy atom. The monoisotopic (exact) mass is 210 g/mol. The van der Waals surface area contributed by atoms with E-state index in [1.165, 1.54) is 11.1 Å². The lowest BCUT2D eigenvalue weighted by Gasteiger charge is -1.98. The summed E-state index contributed by atoms with van der Waals surface area (Å²) < 4.78 is 1.16. The number of hydrogen-bond donors (Lipinski definition) is 0. The molecule has 0 aromatic heterocycles. The molecular formula is C10H11Br. The zero-order chi connectivity index (χ0) is 8.27. The van der Waals surface area contributed by atoms with Crippen molar-refractivity contribution >= 4 is 22.0 Å². The van der Waals surface area contributed by atoms with E-state index in [2.05, 4.69) is 47.1 Å². The van der Waals surface area contributed by atoms with Crippen molar-refractivity contribution < 1.29 is 0 Å². The maximum absolute atomic E-state index is 3.50. The highest BCUT2D eigenvalue weighted by molar-refractivity contribution is 9.10. The van der Waals surface area contributed by atoms with Gasteiger partial charge in [-0.05, 0) is 31.0 Å². The van der Waals surface area contributed by atoms with Crippen molar-refractivity contribution in [2.24, 2.45) is 0 Å². The molecule has 1 aromatic carbocycles. The van der Waals surface area contributed by atoms with Gasteiger partial charge in [-0.3, -0.25) is 0 Å². The summed E-state index contributed by atoms with van der Waals surface area (Å²) in [5, 5.41) is 0. The van der Waals surface area contributed by atoms with Crippen molar-refractivity contribution in [3.63, 3.8) is 0 Å². The van der Waals surface area contributed by atoms with Gasteiger partial charge in [-0.2, -0.15) is 0 Å². The van der Waals surface area contributed by atoms with Crippen LogP contribution in [0.25, 0.3) is 6.08 Å². The summed E-state index contributed by atoms with van der Waals surface area (Å²) in [6.07, 6.45) is 4.12. The molecule has 0 nitrogen and oxygen atoms in total. The Kier molecular flexibility index (Phi) is 2.89. The van der Waals surface area contributed by atoms with Gasteiger partial charge < -0.3 is 0 Å². The third-order valence-corrected chi connectivity index (χ3v) is 2.19. The van der Waals surface area contributed by atoms with Crippen LogP contribution in [0.1, 0.15) is 18.1 Å². The number of hydrogen-bond acceptors (Lipinski definition) is 0. The first-order valence-electron chi connectivity index (χ1n) is 3.63. The maximum atomic E-state index is 3.50. The molecule has 0 heterocycles. The third kappa shape index (κ3) is 2.19. The highest BCUT2D eigenvalue weighted by atomic mass is 79.9. The molecule has 0 radical (unpaired) electrons. The molecule has 0 aliphatic carbocycles. The predicted octanol–water partition coefficient (Wildman–Crippen LogP) is 3.79. The second-order valence-corrected chi connectivity index (χ2v) is 3.38. The topological polar surface area (TPSA) is 0 Å². The van der Waals surface area contributed by atoms with Crippen LogP contribution in [0.3, 0.4) is 0 Å². The minimum atomic E-state index is 1.16. The molecule has 0 aliphatic rings. The molecule has 1 rings (SSSR count). The van der Waals surface area contributed by atoms with Gasteiger partial charge in [0.25, 0.3) is 0 Å². The van der Waals surface area contributed by atoms with Crippen molar-refractivity contribution in [2.45, 2.75) is 13.8 Å². The smallest absolute Gasteiger partial charge is 0.0250 e. The highest BCUT2D eigenvalue weighted by Crippen LogP contribution is 2.19. The van der Waals surface area contributed by atoms with Gasteiger partial charge in [0.05, 0.1) is 0 Å². The summed E-state index contributed by atoms with van der Waals surface area (Å²) >= 11 is 3.50. The van der Waals surface area contributed by atoms with E-state index in [9.17, 15) is 0 Å². The minimum Gasteiger partial charge on any atom is -0.0870 e. The molecule has 0 amide bonds. The van der Waals surface area contributed by atoms with E-state index in [1.807, 2.05) is 13.0 Å². The second-order valence-electron chi connectivity index (χ2n) is 2.52. The van der Waals surface area contributed by atoms with E-state index in [1.54, 1.807) is 0 Å². The Bertz CT molecular complexity index is 274. The molecule has 1 heteroatoms. The Morgan fingerprint density at radius 2 is 2.09 bits per heavy atom. The average molecular weight is 211 g/mol. The van der Waals surface area contributed by atoms with Crippen LogP contribution in [0, 0.1) is 6.92 Å². The molecular weight excluding hydrogens is 200 g/mol. The minimum absolute atomic E-state index is 1.16. The fourth-order valence-corrected chi connectivity index (χ4v) is 1.57. The van der Waals surface area contributed by atoms with Gasteiger partial charge >= 0.3 is 0 Å². The first kappa shape index (κ1) is 8.54. The number of rotatable bonds is 1. The largest absolute Gasteiger partial charge is 0.0870 e. The molecule has 0 spiro atoms. The van der Waals surface area contributed by atoms with Gasteiger partial charge in [-0.1, -0.05) is 40.2 Å². The van der Waals surface area contributed by atoms with Crippen LogP contribution in [0.4, 0.5) is 0 Å². The molecule has 11 heavy (non-hydrogen) atoms. The molecule has 1 aromatic rings. The summed E-state index contributed by atoms with van der Waals surface area (Å²) in [4.78, 5) is 0. The van der Waals surface area contributed by atoms with Crippen LogP contribution in [0.5, 0.6) is 0 Å². The second kappa shape index (κ2) is 3.72. The fourth-order valence-electron chi connectivity index (χ4n) is 0.947. The van der Waals surface area contributed by atoms with E-state index < -0.39 is 0 Å². The summed E-state index contributed by atoms with van der Waals surface area (Å²) in [6, 6.07) is 6.34. The number of halogens is 1.